The van der Waals surface area contributed by atoms with Crippen molar-refractivity contribution in [3.8, 4) is 0 Å². The Balaban J connectivity index is 1.43. The number of hydrogen-bond donors (Lipinski definition) is 2. The van der Waals surface area contributed by atoms with Crippen molar-refractivity contribution < 1.29 is 4.74 Å². The topological polar surface area (TPSA) is 102 Å². The molecule has 138 valence electrons. The zero-order valence-electron chi connectivity index (χ0n) is 14.8. The van der Waals surface area contributed by atoms with Crippen molar-refractivity contribution in [2.75, 3.05) is 38.6 Å². The van der Waals surface area contributed by atoms with Crippen LogP contribution in [0.5, 0.6) is 0 Å². The van der Waals surface area contributed by atoms with Crippen LogP contribution >= 0.6 is 11.8 Å². The van der Waals surface area contributed by atoms with Gasteiger partial charge in [-0.3, -0.25) is 4.90 Å². The molecule has 0 spiro atoms. The Kier molecular flexibility index (Phi) is 4.04. The maximum Gasteiger partial charge on any atom is 0.129 e. The molecule has 0 saturated carbocycles. The lowest BCUT2D eigenvalue weighted by Gasteiger charge is -2.35. The number of fused-ring (bicyclic) bond motifs is 5. The van der Waals surface area contributed by atoms with Gasteiger partial charge in [0.05, 0.1) is 24.2 Å². The second-order valence-corrected chi connectivity index (χ2v) is 8.53. The summed E-state index contributed by atoms with van der Waals surface area (Å²) in [6.07, 6.45) is 5.66. The Hall–Kier alpha value is -1.48. The maximum absolute atomic E-state index is 6.81. The number of aliphatic imine (C=N–C) groups is 2. The van der Waals surface area contributed by atoms with E-state index >= 15 is 0 Å². The first kappa shape index (κ1) is 16.7. The van der Waals surface area contributed by atoms with Crippen molar-refractivity contribution in [3.05, 3.63) is 16.7 Å². The van der Waals surface area contributed by atoms with E-state index < -0.39 is 5.66 Å². The molecule has 0 radical (unpaired) electrons. The standard InChI is InChI=1S/C18H24N6OS/c19-16-12-3-1-2-11(12)13-14-15(26-17(13)23-16)18(20,22-10-21-14)4-5-24-6-8-25-9-7-24/h10,15H,1-9,20H2,(H2,19,23). The summed E-state index contributed by atoms with van der Waals surface area (Å²) in [5, 5.41) is 1.00. The monoisotopic (exact) mass is 372 g/mol. The highest BCUT2D eigenvalue weighted by atomic mass is 32.2. The number of hydrogen-bond acceptors (Lipinski definition) is 8. The van der Waals surface area contributed by atoms with Gasteiger partial charge in [0.15, 0.2) is 0 Å². The molecule has 26 heavy (non-hydrogen) atoms. The van der Waals surface area contributed by atoms with Gasteiger partial charge in [0.2, 0.25) is 0 Å². The Morgan fingerprint density at radius 2 is 2.08 bits per heavy atom. The smallest absolute Gasteiger partial charge is 0.129 e. The Labute approximate surface area is 157 Å². The summed E-state index contributed by atoms with van der Waals surface area (Å²) in [4.78, 5) is 16.3. The van der Waals surface area contributed by atoms with Crippen LogP contribution in [0.25, 0.3) is 0 Å². The minimum Gasteiger partial charge on any atom is -0.383 e. The predicted molar refractivity (Wildman–Crippen MR) is 104 cm³/mol. The number of aromatic nitrogens is 1. The third-order valence-electron chi connectivity index (χ3n) is 5.88. The van der Waals surface area contributed by atoms with Gasteiger partial charge in [0, 0.05) is 25.2 Å². The van der Waals surface area contributed by atoms with E-state index in [4.69, 9.17) is 16.2 Å². The highest BCUT2D eigenvalue weighted by molar-refractivity contribution is 8.01. The minimum atomic E-state index is -0.652. The van der Waals surface area contributed by atoms with Crippen LogP contribution in [0.1, 0.15) is 29.5 Å². The summed E-state index contributed by atoms with van der Waals surface area (Å²) in [7, 11) is 0. The van der Waals surface area contributed by atoms with E-state index in [0.29, 0.717) is 5.82 Å². The minimum absolute atomic E-state index is 0.0162. The van der Waals surface area contributed by atoms with Crippen molar-refractivity contribution in [1.82, 2.24) is 9.88 Å². The summed E-state index contributed by atoms with van der Waals surface area (Å²) in [5.41, 5.74) is 17.2. The summed E-state index contributed by atoms with van der Waals surface area (Å²) < 4.78 is 5.44. The van der Waals surface area contributed by atoms with Gasteiger partial charge in [-0.25, -0.2) is 15.0 Å². The van der Waals surface area contributed by atoms with E-state index in [-0.39, 0.29) is 5.25 Å². The third kappa shape index (κ3) is 2.58. The van der Waals surface area contributed by atoms with Crippen molar-refractivity contribution in [2.45, 2.75) is 41.6 Å². The molecule has 0 bridgehead atoms. The van der Waals surface area contributed by atoms with Crippen molar-refractivity contribution in [2.24, 2.45) is 15.7 Å². The lowest BCUT2D eigenvalue weighted by molar-refractivity contribution is 0.0349. The summed E-state index contributed by atoms with van der Waals surface area (Å²) in [6, 6.07) is 0. The summed E-state index contributed by atoms with van der Waals surface area (Å²) >= 11 is 1.69. The fourth-order valence-corrected chi connectivity index (χ4v) is 5.80. The number of pyridine rings is 1. The molecule has 4 aliphatic rings. The fourth-order valence-electron chi connectivity index (χ4n) is 4.41. The average molecular weight is 372 g/mol. The SMILES string of the molecule is Nc1nc2c(c3c1CCC3)C1=NC=NC(N)(CCN3CCOCC3)C1S2. The largest absolute Gasteiger partial charge is 0.383 e. The molecule has 3 aliphatic heterocycles. The molecule has 1 aromatic rings. The van der Waals surface area contributed by atoms with Gasteiger partial charge in [0.1, 0.15) is 22.8 Å². The van der Waals surface area contributed by atoms with Crippen LogP contribution in [0.2, 0.25) is 0 Å². The van der Waals surface area contributed by atoms with Crippen molar-refractivity contribution >= 4 is 29.6 Å². The van der Waals surface area contributed by atoms with Gasteiger partial charge in [-0.05, 0) is 36.8 Å². The van der Waals surface area contributed by atoms with Crippen LogP contribution in [-0.4, -0.2) is 65.7 Å². The normalized spacial score (nSPS) is 30.0. The maximum atomic E-state index is 6.81. The fraction of sp³-hybridized carbons (Fsp3) is 0.611. The number of rotatable bonds is 3. The van der Waals surface area contributed by atoms with E-state index in [9.17, 15) is 0 Å². The van der Waals surface area contributed by atoms with E-state index in [2.05, 4.69) is 19.9 Å². The number of nitrogens with zero attached hydrogens (tertiary/aromatic N) is 4. The second-order valence-electron chi connectivity index (χ2n) is 7.44. The number of morpholine rings is 1. The number of anilines is 1. The third-order valence-corrected chi connectivity index (χ3v) is 7.27. The molecule has 4 heterocycles. The highest BCUT2D eigenvalue weighted by Crippen LogP contribution is 2.47. The first-order valence-corrected chi connectivity index (χ1v) is 10.2. The predicted octanol–water partition coefficient (Wildman–Crippen LogP) is 0.835. The molecule has 1 saturated heterocycles. The van der Waals surface area contributed by atoms with E-state index in [1.165, 1.54) is 16.7 Å². The molecule has 1 aliphatic carbocycles. The van der Waals surface area contributed by atoms with E-state index in [1.54, 1.807) is 18.1 Å². The molecule has 2 unspecified atom stereocenters. The lowest BCUT2D eigenvalue weighted by atomic mass is 9.92. The zero-order valence-corrected chi connectivity index (χ0v) is 15.6. The molecule has 2 atom stereocenters. The molecule has 0 amide bonds. The molecular formula is C18H24N6OS. The molecule has 4 N–H and O–H groups in total. The molecular weight excluding hydrogens is 348 g/mol. The molecule has 1 fully saturated rings. The molecule has 7 nitrogen and oxygen atoms in total. The molecule has 1 aromatic heterocycles. The van der Waals surface area contributed by atoms with Gasteiger partial charge in [-0.2, -0.15) is 0 Å². The van der Waals surface area contributed by atoms with Crippen LogP contribution in [-0.2, 0) is 17.6 Å². The Morgan fingerprint density at radius 3 is 2.92 bits per heavy atom. The first-order chi connectivity index (χ1) is 12.7. The highest BCUT2D eigenvalue weighted by Gasteiger charge is 2.47. The van der Waals surface area contributed by atoms with E-state index in [1.807, 2.05) is 0 Å². The first-order valence-electron chi connectivity index (χ1n) is 9.34. The van der Waals surface area contributed by atoms with Crippen molar-refractivity contribution in [3.63, 3.8) is 0 Å². The Bertz CT molecular complexity index is 803. The number of nitrogen functional groups attached to an aromatic ring is 1. The van der Waals surface area contributed by atoms with Gasteiger partial charge in [0.25, 0.3) is 0 Å². The second kappa shape index (κ2) is 6.30. The Morgan fingerprint density at radius 1 is 1.27 bits per heavy atom. The molecule has 8 heteroatoms. The van der Waals surface area contributed by atoms with Crippen LogP contribution in [0.3, 0.4) is 0 Å². The summed E-state index contributed by atoms with van der Waals surface area (Å²) in [5.74, 6) is 0.680. The van der Waals surface area contributed by atoms with Crippen LogP contribution in [0.4, 0.5) is 5.82 Å². The number of ether oxygens (including phenoxy) is 1. The van der Waals surface area contributed by atoms with Crippen LogP contribution in [0, 0.1) is 0 Å². The number of thioether (sulfide) groups is 1. The quantitative estimate of drug-likeness (QED) is 0.815. The van der Waals surface area contributed by atoms with E-state index in [0.717, 1.165) is 69.3 Å². The molecule has 0 aromatic carbocycles. The summed E-state index contributed by atoms with van der Waals surface area (Å²) in [6.45, 7) is 4.44. The van der Waals surface area contributed by atoms with Crippen molar-refractivity contribution in [1.29, 1.82) is 0 Å². The molecule has 5 rings (SSSR count). The number of nitrogens with two attached hydrogens (primary N) is 2. The average Bonchev–Trinajstić information content (AvgIpc) is 3.27. The van der Waals surface area contributed by atoms with Crippen LogP contribution in [0.15, 0.2) is 15.0 Å². The van der Waals surface area contributed by atoms with Gasteiger partial charge in [-0.1, -0.05) is 11.8 Å². The lowest BCUT2D eigenvalue weighted by Crippen LogP contribution is -2.54. The van der Waals surface area contributed by atoms with Gasteiger partial charge in [-0.15, -0.1) is 0 Å². The van der Waals surface area contributed by atoms with Gasteiger partial charge < -0.3 is 16.2 Å². The zero-order chi connectivity index (χ0) is 17.7. The van der Waals surface area contributed by atoms with Crippen LogP contribution < -0.4 is 11.5 Å². The van der Waals surface area contributed by atoms with Gasteiger partial charge >= 0.3 is 0 Å².